The van der Waals surface area contributed by atoms with Crippen LogP contribution in [-0.4, -0.2) is 46.2 Å². The first kappa shape index (κ1) is 14.9. The Morgan fingerprint density at radius 1 is 1.27 bits per heavy atom. The Balaban J connectivity index is 1.85. The van der Waals surface area contributed by atoms with Gasteiger partial charge in [0.15, 0.2) is 0 Å². The molecule has 3 rings (SSSR count). The molecule has 0 amide bonds. The molecule has 0 bridgehead atoms. The number of aromatic nitrogens is 2. The van der Waals surface area contributed by atoms with E-state index in [9.17, 15) is 5.11 Å². The van der Waals surface area contributed by atoms with E-state index in [-0.39, 0.29) is 12.6 Å². The predicted octanol–water partition coefficient (Wildman–Crippen LogP) is 1.68. The molecule has 22 heavy (non-hydrogen) atoms. The second kappa shape index (κ2) is 6.85. The van der Waals surface area contributed by atoms with Crippen LogP contribution in [0.3, 0.4) is 0 Å². The van der Waals surface area contributed by atoms with Gasteiger partial charge >= 0.3 is 0 Å². The zero-order valence-corrected chi connectivity index (χ0v) is 12.9. The lowest BCUT2D eigenvalue weighted by molar-refractivity contribution is 0.204. The van der Waals surface area contributed by atoms with Crippen molar-refractivity contribution in [3.63, 3.8) is 0 Å². The summed E-state index contributed by atoms with van der Waals surface area (Å²) < 4.78 is 0. The van der Waals surface area contributed by atoms with E-state index in [1.165, 1.54) is 5.56 Å². The topological polar surface area (TPSA) is 52.5 Å². The molecule has 1 aliphatic heterocycles. The Hall–Kier alpha value is -1.98. The lowest BCUT2D eigenvalue weighted by atomic mass is 10.1. The summed E-state index contributed by atoms with van der Waals surface area (Å²) in [5, 5.41) is 9.69. The number of nitrogens with zero attached hydrogens (tertiary/aromatic N) is 4. The van der Waals surface area contributed by atoms with Gasteiger partial charge in [-0.2, -0.15) is 0 Å². The largest absolute Gasteiger partial charge is 0.394 e. The SMILES string of the molecule is CN1c2cccnc2CN(Cc2cccnc2)CCC1CO. The highest BCUT2D eigenvalue weighted by Gasteiger charge is 2.23. The molecule has 3 heterocycles. The second-order valence-corrected chi connectivity index (χ2v) is 5.78. The van der Waals surface area contributed by atoms with Crippen LogP contribution in [0.15, 0.2) is 42.9 Å². The van der Waals surface area contributed by atoms with E-state index in [0.29, 0.717) is 0 Å². The quantitative estimate of drug-likeness (QED) is 0.934. The molecule has 2 aromatic heterocycles. The third kappa shape index (κ3) is 3.26. The van der Waals surface area contributed by atoms with Gasteiger partial charge in [0.2, 0.25) is 0 Å². The van der Waals surface area contributed by atoms with E-state index in [4.69, 9.17) is 0 Å². The third-order valence-electron chi connectivity index (χ3n) is 4.29. The lowest BCUT2D eigenvalue weighted by Crippen LogP contribution is -2.41. The first-order chi connectivity index (χ1) is 10.8. The van der Waals surface area contributed by atoms with Gasteiger partial charge in [-0.15, -0.1) is 0 Å². The Labute approximate surface area is 131 Å². The molecule has 0 aliphatic carbocycles. The number of hydrogen-bond donors (Lipinski definition) is 1. The zero-order chi connectivity index (χ0) is 15.4. The fourth-order valence-electron chi connectivity index (χ4n) is 2.98. The number of hydrogen-bond acceptors (Lipinski definition) is 5. The van der Waals surface area contributed by atoms with Crippen molar-refractivity contribution < 1.29 is 5.11 Å². The van der Waals surface area contributed by atoms with E-state index in [0.717, 1.165) is 37.4 Å². The van der Waals surface area contributed by atoms with Gasteiger partial charge in [-0.1, -0.05) is 6.07 Å². The minimum absolute atomic E-state index is 0.125. The van der Waals surface area contributed by atoms with Gasteiger partial charge in [-0.05, 0) is 30.2 Å². The molecule has 0 radical (unpaired) electrons. The maximum absolute atomic E-state index is 9.69. The average molecular weight is 298 g/mol. The first-order valence-electron chi connectivity index (χ1n) is 7.67. The number of aliphatic hydroxyl groups excluding tert-OH is 1. The number of pyridine rings is 2. The van der Waals surface area contributed by atoms with Crippen molar-refractivity contribution in [1.82, 2.24) is 14.9 Å². The van der Waals surface area contributed by atoms with Crippen molar-refractivity contribution in [3.8, 4) is 0 Å². The molecule has 5 heteroatoms. The molecule has 1 atom stereocenters. The van der Waals surface area contributed by atoms with Crippen LogP contribution >= 0.6 is 0 Å². The van der Waals surface area contributed by atoms with Crippen molar-refractivity contribution in [2.45, 2.75) is 25.6 Å². The average Bonchev–Trinajstić information content (AvgIpc) is 2.55. The molecule has 0 fully saturated rings. The van der Waals surface area contributed by atoms with Gasteiger partial charge in [-0.25, -0.2) is 0 Å². The standard InChI is InChI=1S/C17H22N4O/c1-20-15(13-22)6-9-21(11-14-4-2-7-18-10-14)12-16-17(20)5-3-8-19-16/h2-5,7-8,10,15,22H,6,9,11-13H2,1H3. The highest BCUT2D eigenvalue weighted by Crippen LogP contribution is 2.25. The third-order valence-corrected chi connectivity index (χ3v) is 4.29. The Kier molecular flexibility index (Phi) is 4.65. The summed E-state index contributed by atoms with van der Waals surface area (Å²) in [7, 11) is 2.04. The van der Waals surface area contributed by atoms with Gasteiger partial charge in [0.1, 0.15) is 0 Å². The Morgan fingerprint density at radius 3 is 2.91 bits per heavy atom. The summed E-state index contributed by atoms with van der Waals surface area (Å²) in [6.45, 7) is 2.76. The maximum atomic E-state index is 9.69. The predicted molar refractivity (Wildman–Crippen MR) is 86.5 cm³/mol. The van der Waals surface area contributed by atoms with Crippen LogP contribution in [-0.2, 0) is 13.1 Å². The van der Waals surface area contributed by atoms with E-state index >= 15 is 0 Å². The van der Waals surface area contributed by atoms with Gasteiger partial charge in [0.25, 0.3) is 0 Å². The number of anilines is 1. The van der Waals surface area contributed by atoms with Crippen molar-refractivity contribution in [2.75, 3.05) is 25.1 Å². The molecule has 1 N–H and O–H groups in total. The molecule has 116 valence electrons. The highest BCUT2D eigenvalue weighted by molar-refractivity contribution is 5.51. The van der Waals surface area contributed by atoms with Crippen LogP contribution in [0.1, 0.15) is 17.7 Å². The second-order valence-electron chi connectivity index (χ2n) is 5.78. The van der Waals surface area contributed by atoms with E-state index in [2.05, 4.69) is 31.9 Å². The fraction of sp³-hybridized carbons (Fsp3) is 0.412. The summed E-state index contributed by atoms with van der Waals surface area (Å²) in [5.74, 6) is 0. The Bertz CT molecular complexity index is 605. The molecule has 2 aromatic rings. The summed E-state index contributed by atoms with van der Waals surface area (Å²) in [6.07, 6.45) is 6.48. The molecular weight excluding hydrogens is 276 g/mol. The Morgan fingerprint density at radius 2 is 2.14 bits per heavy atom. The van der Waals surface area contributed by atoms with E-state index < -0.39 is 0 Å². The molecular formula is C17H22N4O. The van der Waals surface area contributed by atoms with Crippen LogP contribution in [0, 0.1) is 0 Å². The molecule has 0 aromatic carbocycles. The number of aliphatic hydroxyl groups is 1. The molecule has 0 spiro atoms. The summed E-state index contributed by atoms with van der Waals surface area (Å²) >= 11 is 0. The molecule has 0 saturated carbocycles. The van der Waals surface area contributed by atoms with Crippen LogP contribution in [0.4, 0.5) is 5.69 Å². The zero-order valence-electron chi connectivity index (χ0n) is 12.9. The highest BCUT2D eigenvalue weighted by atomic mass is 16.3. The van der Waals surface area contributed by atoms with Crippen molar-refractivity contribution in [3.05, 3.63) is 54.1 Å². The van der Waals surface area contributed by atoms with Crippen molar-refractivity contribution in [1.29, 1.82) is 0 Å². The van der Waals surface area contributed by atoms with Crippen molar-refractivity contribution >= 4 is 5.69 Å². The minimum Gasteiger partial charge on any atom is -0.394 e. The fourth-order valence-corrected chi connectivity index (χ4v) is 2.98. The molecule has 1 unspecified atom stereocenters. The van der Waals surface area contributed by atoms with Crippen molar-refractivity contribution in [2.24, 2.45) is 0 Å². The normalized spacial score (nSPS) is 19.4. The van der Waals surface area contributed by atoms with Gasteiger partial charge < -0.3 is 10.0 Å². The lowest BCUT2D eigenvalue weighted by Gasteiger charge is -2.35. The minimum atomic E-state index is 0.125. The van der Waals surface area contributed by atoms with Gasteiger partial charge in [-0.3, -0.25) is 14.9 Å². The van der Waals surface area contributed by atoms with Gasteiger partial charge in [0, 0.05) is 45.3 Å². The molecule has 5 nitrogen and oxygen atoms in total. The number of likely N-dealkylation sites (N-methyl/N-ethyl adjacent to an activating group) is 1. The van der Waals surface area contributed by atoms with Crippen LogP contribution in [0.25, 0.3) is 0 Å². The first-order valence-corrected chi connectivity index (χ1v) is 7.67. The number of fused-ring (bicyclic) bond motifs is 1. The molecule has 0 saturated heterocycles. The smallest absolute Gasteiger partial charge is 0.0776 e. The van der Waals surface area contributed by atoms with Crippen LogP contribution in [0.2, 0.25) is 0 Å². The van der Waals surface area contributed by atoms with Crippen LogP contribution in [0.5, 0.6) is 0 Å². The molecule has 1 aliphatic rings. The van der Waals surface area contributed by atoms with E-state index in [1.807, 2.05) is 31.6 Å². The van der Waals surface area contributed by atoms with E-state index in [1.54, 1.807) is 6.20 Å². The maximum Gasteiger partial charge on any atom is 0.0776 e. The number of rotatable bonds is 3. The summed E-state index contributed by atoms with van der Waals surface area (Å²) in [5.41, 5.74) is 3.37. The summed E-state index contributed by atoms with van der Waals surface area (Å²) in [6, 6.07) is 8.23. The monoisotopic (exact) mass is 298 g/mol. The summed E-state index contributed by atoms with van der Waals surface area (Å²) in [4.78, 5) is 13.3. The van der Waals surface area contributed by atoms with Gasteiger partial charge in [0.05, 0.1) is 24.0 Å². The van der Waals surface area contributed by atoms with Crippen LogP contribution < -0.4 is 4.90 Å².